The Morgan fingerprint density at radius 3 is 1.92 bits per heavy atom. The summed E-state index contributed by atoms with van der Waals surface area (Å²) in [6.07, 6.45) is -1.84. The number of rotatable bonds is 8. The summed E-state index contributed by atoms with van der Waals surface area (Å²) in [5.74, 6) is -1.84. The summed E-state index contributed by atoms with van der Waals surface area (Å²) in [7, 11) is 3.88. The Labute approximate surface area is 144 Å². The molecule has 0 aliphatic carbocycles. The quantitative estimate of drug-likeness (QED) is 0.446. The van der Waals surface area contributed by atoms with Crippen LogP contribution in [0.3, 0.4) is 0 Å². The summed E-state index contributed by atoms with van der Waals surface area (Å²) in [6, 6.07) is 11.9. The van der Waals surface area contributed by atoms with Crippen LogP contribution in [0.4, 0.5) is 0 Å². The Morgan fingerprint density at radius 2 is 1.40 bits per heavy atom. The van der Waals surface area contributed by atoms with E-state index in [-0.39, 0.29) is 22.6 Å². The molecule has 0 aliphatic rings. The number of methoxy groups -OCH3 is 3. The maximum absolute atomic E-state index is 12.3. The molecular weight excluding hydrogens is 328 g/mol. The van der Waals surface area contributed by atoms with Crippen LogP contribution < -0.4 is 4.74 Å². The second-order valence-corrected chi connectivity index (χ2v) is 4.92. The lowest BCUT2D eigenvalue weighted by Gasteiger charge is -2.28. The van der Waals surface area contributed by atoms with Gasteiger partial charge in [-0.15, -0.1) is 0 Å². The van der Waals surface area contributed by atoms with Crippen molar-refractivity contribution in [2.75, 3.05) is 21.3 Å². The summed E-state index contributed by atoms with van der Waals surface area (Å²) in [5.41, 5.74) is 0.293. The third-order valence-corrected chi connectivity index (χ3v) is 3.45. The molecule has 1 N–H and O–H groups in total. The average Bonchev–Trinajstić information content (AvgIpc) is 2.67. The van der Waals surface area contributed by atoms with Crippen molar-refractivity contribution < 1.29 is 33.6 Å². The minimum Gasteiger partial charge on any atom is -0.504 e. The standard InChI is InChI=1S/C18H18O7/c1-22-18(23-2,24-3)25-15-10-9-13(11-14(15)19)17(21)16(20)12-7-5-4-6-8-12/h4-11,19H,1-3H3. The Balaban J connectivity index is 2.24. The summed E-state index contributed by atoms with van der Waals surface area (Å²) >= 11 is 0. The van der Waals surface area contributed by atoms with E-state index in [2.05, 4.69) is 0 Å². The van der Waals surface area contributed by atoms with Crippen molar-refractivity contribution in [3.05, 3.63) is 59.7 Å². The number of phenolic OH excluding ortho intramolecular Hbond substituents is 1. The highest BCUT2D eigenvalue weighted by Gasteiger charge is 2.34. The number of aromatic hydroxyl groups is 1. The van der Waals surface area contributed by atoms with Gasteiger partial charge in [-0.3, -0.25) is 23.8 Å². The largest absolute Gasteiger partial charge is 0.504 e. The van der Waals surface area contributed by atoms with Crippen molar-refractivity contribution in [2.24, 2.45) is 0 Å². The molecule has 7 heteroatoms. The molecule has 0 fully saturated rings. The van der Waals surface area contributed by atoms with Gasteiger partial charge in [0.05, 0.1) is 0 Å². The molecule has 132 valence electrons. The Kier molecular flexibility index (Phi) is 5.87. The second-order valence-electron chi connectivity index (χ2n) is 4.92. The van der Waals surface area contributed by atoms with Crippen LogP contribution >= 0.6 is 0 Å². The molecule has 7 nitrogen and oxygen atoms in total. The van der Waals surface area contributed by atoms with Gasteiger partial charge >= 0.3 is 6.16 Å². The van der Waals surface area contributed by atoms with Gasteiger partial charge in [0.1, 0.15) is 0 Å². The molecule has 2 rings (SSSR count). The fourth-order valence-electron chi connectivity index (χ4n) is 2.11. The highest BCUT2D eigenvalue weighted by molar-refractivity contribution is 6.49. The summed E-state index contributed by atoms with van der Waals surface area (Å²) in [5, 5.41) is 10.1. The molecule has 25 heavy (non-hydrogen) atoms. The van der Waals surface area contributed by atoms with E-state index >= 15 is 0 Å². The first-order valence-electron chi connectivity index (χ1n) is 7.28. The van der Waals surface area contributed by atoms with Gasteiger partial charge in [0.25, 0.3) is 0 Å². The fraction of sp³-hybridized carbons (Fsp3) is 0.222. The van der Waals surface area contributed by atoms with Crippen LogP contribution in [0.5, 0.6) is 11.5 Å². The van der Waals surface area contributed by atoms with Crippen molar-refractivity contribution in [1.29, 1.82) is 0 Å². The van der Waals surface area contributed by atoms with Crippen LogP contribution in [0.1, 0.15) is 20.7 Å². The zero-order chi connectivity index (χ0) is 18.4. The molecule has 0 amide bonds. The third-order valence-electron chi connectivity index (χ3n) is 3.45. The van der Waals surface area contributed by atoms with Crippen LogP contribution in [0.25, 0.3) is 0 Å². The monoisotopic (exact) mass is 346 g/mol. The lowest BCUT2D eigenvalue weighted by molar-refractivity contribution is -0.448. The summed E-state index contributed by atoms with van der Waals surface area (Å²) in [4.78, 5) is 24.5. The number of carbonyl (C=O) groups excluding carboxylic acids is 2. The van der Waals surface area contributed by atoms with E-state index in [0.29, 0.717) is 0 Å². The lowest BCUT2D eigenvalue weighted by atomic mass is 10.0. The zero-order valence-electron chi connectivity index (χ0n) is 14.0. The van der Waals surface area contributed by atoms with Gasteiger partial charge in [0, 0.05) is 32.5 Å². The van der Waals surface area contributed by atoms with Gasteiger partial charge in [-0.1, -0.05) is 30.3 Å². The van der Waals surface area contributed by atoms with Crippen LogP contribution in [0.15, 0.2) is 48.5 Å². The number of phenols is 1. The third kappa shape index (κ3) is 4.03. The molecule has 0 spiro atoms. The normalized spacial score (nSPS) is 11.2. The first kappa shape index (κ1) is 18.6. The van der Waals surface area contributed by atoms with Gasteiger partial charge in [0.15, 0.2) is 11.5 Å². The van der Waals surface area contributed by atoms with Gasteiger partial charge < -0.3 is 9.84 Å². The van der Waals surface area contributed by atoms with E-state index in [0.717, 1.165) is 6.07 Å². The van der Waals surface area contributed by atoms with Crippen molar-refractivity contribution in [2.45, 2.75) is 6.16 Å². The lowest BCUT2D eigenvalue weighted by Crippen LogP contribution is -2.42. The van der Waals surface area contributed by atoms with E-state index in [1.807, 2.05) is 0 Å². The number of ether oxygens (including phenoxy) is 4. The molecule has 0 unspecified atom stereocenters. The topological polar surface area (TPSA) is 91.3 Å². The smallest absolute Gasteiger partial charge is 0.460 e. The van der Waals surface area contributed by atoms with Gasteiger partial charge in [-0.25, -0.2) is 0 Å². The van der Waals surface area contributed by atoms with Gasteiger partial charge in [-0.2, -0.15) is 0 Å². The van der Waals surface area contributed by atoms with Gasteiger partial charge in [0.2, 0.25) is 11.6 Å². The second kappa shape index (κ2) is 7.89. The van der Waals surface area contributed by atoms with Crippen LogP contribution in [0.2, 0.25) is 0 Å². The molecule has 0 saturated heterocycles. The van der Waals surface area contributed by atoms with Crippen molar-refractivity contribution in [1.82, 2.24) is 0 Å². The van der Waals surface area contributed by atoms with Crippen molar-refractivity contribution >= 4 is 11.6 Å². The predicted molar refractivity (Wildman–Crippen MR) is 87.6 cm³/mol. The van der Waals surface area contributed by atoms with E-state index < -0.39 is 17.7 Å². The minimum atomic E-state index is -1.84. The zero-order valence-corrected chi connectivity index (χ0v) is 14.0. The fourth-order valence-corrected chi connectivity index (χ4v) is 2.11. The molecule has 0 bridgehead atoms. The summed E-state index contributed by atoms with van der Waals surface area (Å²) < 4.78 is 20.3. The number of hydrogen-bond acceptors (Lipinski definition) is 7. The minimum absolute atomic E-state index is 0.0246. The van der Waals surface area contributed by atoms with E-state index in [1.165, 1.54) is 33.5 Å². The van der Waals surface area contributed by atoms with Gasteiger partial charge in [-0.05, 0) is 18.2 Å². The maximum atomic E-state index is 12.3. The van der Waals surface area contributed by atoms with Crippen LogP contribution in [0, 0.1) is 0 Å². The molecule has 0 aliphatic heterocycles. The molecule has 0 atom stereocenters. The molecule has 0 saturated carbocycles. The van der Waals surface area contributed by atoms with Crippen LogP contribution in [-0.4, -0.2) is 44.2 Å². The maximum Gasteiger partial charge on any atom is 0.460 e. The van der Waals surface area contributed by atoms with Crippen molar-refractivity contribution in [3.8, 4) is 11.5 Å². The number of hydrogen-bond donors (Lipinski definition) is 1. The number of benzene rings is 2. The van der Waals surface area contributed by atoms with Crippen molar-refractivity contribution in [3.63, 3.8) is 0 Å². The highest BCUT2D eigenvalue weighted by Crippen LogP contribution is 2.31. The Bertz CT molecular complexity index is 743. The summed E-state index contributed by atoms with van der Waals surface area (Å²) in [6.45, 7) is 0. The molecule has 0 aromatic heterocycles. The molecule has 2 aromatic rings. The molecule has 0 heterocycles. The van der Waals surface area contributed by atoms with E-state index in [1.54, 1.807) is 30.3 Å². The number of carbonyl (C=O) groups is 2. The molecular formula is C18H18O7. The number of Topliss-reactive ketones (excluding diaryl/α,β-unsaturated/α-hetero) is 2. The molecule has 0 radical (unpaired) electrons. The van der Waals surface area contributed by atoms with E-state index in [9.17, 15) is 14.7 Å². The SMILES string of the molecule is COC(OC)(OC)Oc1ccc(C(=O)C(=O)c2ccccc2)cc1O. The first-order chi connectivity index (χ1) is 12.0. The number of ketones is 2. The highest BCUT2D eigenvalue weighted by atomic mass is 17.0. The van der Waals surface area contributed by atoms with E-state index in [4.69, 9.17) is 18.9 Å². The predicted octanol–water partition coefficient (Wildman–Crippen LogP) is 2.39. The molecule has 2 aromatic carbocycles. The Morgan fingerprint density at radius 1 is 0.840 bits per heavy atom. The average molecular weight is 346 g/mol. The first-order valence-corrected chi connectivity index (χ1v) is 7.28. The van der Waals surface area contributed by atoms with Crippen LogP contribution in [-0.2, 0) is 14.2 Å². The Hall–Kier alpha value is -2.74.